The van der Waals surface area contributed by atoms with E-state index in [4.69, 9.17) is 4.74 Å². The molecule has 0 aromatic carbocycles. The van der Waals surface area contributed by atoms with Gasteiger partial charge in [0.15, 0.2) is 0 Å². The fourth-order valence-electron chi connectivity index (χ4n) is 3.40. The minimum atomic E-state index is -0.122. The molecule has 0 saturated heterocycles. The largest absolute Gasteiger partial charge is 0.476 e. The number of hydrogen-bond acceptors (Lipinski definition) is 5. The Bertz CT molecular complexity index is 766. The number of nitrogens with zero attached hydrogens (tertiary/aromatic N) is 5. The van der Waals surface area contributed by atoms with E-state index >= 15 is 0 Å². The molecule has 1 unspecified atom stereocenters. The van der Waals surface area contributed by atoms with E-state index in [0.717, 1.165) is 24.8 Å². The standard InChI is InChI=1S/C18H23N5O2/c1-22(15-4-3-5-16-13(15)8-21-23(16)2)18(24)14-9-20-17(10-19-14)25-11-12-6-7-12/h8-10,12,15H,3-7,11H2,1-2H3. The van der Waals surface area contributed by atoms with E-state index in [-0.39, 0.29) is 11.9 Å². The van der Waals surface area contributed by atoms with E-state index < -0.39 is 0 Å². The van der Waals surface area contributed by atoms with Crippen molar-refractivity contribution in [2.45, 2.75) is 38.1 Å². The van der Waals surface area contributed by atoms with Crippen LogP contribution in [0.15, 0.2) is 18.6 Å². The van der Waals surface area contributed by atoms with E-state index in [9.17, 15) is 4.79 Å². The average molecular weight is 341 g/mol. The first-order chi connectivity index (χ1) is 12.1. The second-order valence-electron chi connectivity index (χ2n) is 6.99. The number of fused-ring (bicyclic) bond motifs is 1. The third kappa shape index (κ3) is 3.23. The van der Waals surface area contributed by atoms with E-state index in [1.807, 2.05) is 25.0 Å². The van der Waals surface area contributed by atoms with Crippen molar-refractivity contribution < 1.29 is 9.53 Å². The Morgan fingerprint density at radius 1 is 1.28 bits per heavy atom. The normalized spacial score (nSPS) is 19.4. The minimum Gasteiger partial charge on any atom is -0.476 e. The van der Waals surface area contributed by atoms with Gasteiger partial charge in [-0.2, -0.15) is 5.10 Å². The summed E-state index contributed by atoms with van der Waals surface area (Å²) in [6.07, 6.45) is 10.4. The van der Waals surface area contributed by atoms with Gasteiger partial charge in [-0.25, -0.2) is 9.97 Å². The summed E-state index contributed by atoms with van der Waals surface area (Å²) in [5, 5.41) is 4.35. The molecule has 0 aliphatic heterocycles. The van der Waals surface area contributed by atoms with Crippen LogP contribution in [0.3, 0.4) is 0 Å². The molecule has 0 N–H and O–H groups in total. The third-order valence-electron chi connectivity index (χ3n) is 5.14. The highest BCUT2D eigenvalue weighted by molar-refractivity contribution is 5.92. The Hall–Kier alpha value is -2.44. The van der Waals surface area contributed by atoms with Crippen molar-refractivity contribution in [3.05, 3.63) is 35.5 Å². The van der Waals surface area contributed by atoms with E-state index in [1.54, 1.807) is 11.1 Å². The molecular formula is C18H23N5O2. The van der Waals surface area contributed by atoms with Crippen molar-refractivity contribution in [1.29, 1.82) is 0 Å². The van der Waals surface area contributed by atoms with E-state index in [2.05, 4.69) is 15.1 Å². The van der Waals surface area contributed by atoms with Gasteiger partial charge in [-0.05, 0) is 38.0 Å². The van der Waals surface area contributed by atoms with E-state index in [1.165, 1.54) is 24.7 Å². The summed E-state index contributed by atoms with van der Waals surface area (Å²) in [4.78, 5) is 23.0. The van der Waals surface area contributed by atoms with Gasteiger partial charge >= 0.3 is 0 Å². The Labute approximate surface area is 147 Å². The van der Waals surface area contributed by atoms with Crippen LogP contribution in [0.5, 0.6) is 5.88 Å². The van der Waals surface area contributed by atoms with Crippen LogP contribution in [-0.4, -0.2) is 44.2 Å². The number of rotatable bonds is 5. The van der Waals surface area contributed by atoms with Crippen LogP contribution in [0.2, 0.25) is 0 Å². The van der Waals surface area contributed by atoms with Gasteiger partial charge in [0.1, 0.15) is 5.69 Å². The molecule has 132 valence electrons. The molecule has 2 aromatic heterocycles. The van der Waals surface area contributed by atoms with Crippen molar-refractivity contribution in [2.24, 2.45) is 13.0 Å². The minimum absolute atomic E-state index is 0.0394. The van der Waals surface area contributed by atoms with E-state index in [0.29, 0.717) is 24.1 Å². The van der Waals surface area contributed by atoms with Crippen LogP contribution in [0, 0.1) is 5.92 Å². The van der Waals surface area contributed by atoms with Crippen LogP contribution in [0.4, 0.5) is 0 Å². The first kappa shape index (κ1) is 16.1. The molecule has 7 heteroatoms. The number of ether oxygens (including phenoxy) is 1. The molecular weight excluding hydrogens is 318 g/mol. The fraction of sp³-hybridized carbons (Fsp3) is 0.556. The molecule has 25 heavy (non-hydrogen) atoms. The molecule has 1 fully saturated rings. The van der Waals surface area contributed by atoms with Gasteiger partial charge in [-0.1, -0.05) is 0 Å². The molecule has 7 nitrogen and oxygen atoms in total. The predicted molar refractivity (Wildman–Crippen MR) is 91.2 cm³/mol. The predicted octanol–water partition coefficient (Wildman–Crippen LogP) is 2.15. The number of amides is 1. The highest BCUT2D eigenvalue weighted by Gasteiger charge is 2.30. The van der Waals surface area contributed by atoms with Crippen LogP contribution in [0.25, 0.3) is 0 Å². The summed E-state index contributed by atoms with van der Waals surface area (Å²) in [5.41, 5.74) is 2.70. The SMILES string of the molecule is CN(C(=O)c1cnc(OCC2CC2)cn1)C1CCCc2c1cnn2C. The van der Waals surface area contributed by atoms with Gasteiger partial charge < -0.3 is 9.64 Å². The van der Waals surface area contributed by atoms with Gasteiger partial charge in [-0.3, -0.25) is 9.48 Å². The van der Waals surface area contributed by atoms with Crippen molar-refractivity contribution in [1.82, 2.24) is 24.6 Å². The first-order valence-electron chi connectivity index (χ1n) is 8.86. The van der Waals surface area contributed by atoms with Gasteiger partial charge in [-0.15, -0.1) is 0 Å². The van der Waals surface area contributed by atoms with Crippen LogP contribution >= 0.6 is 0 Å². The second-order valence-corrected chi connectivity index (χ2v) is 6.99. The molecule has 4 rings (SSSR count). The van der Waals surface area contributed by atoms with Crippen molar-refractivity contribution >= 4 is 5.91 Å². The Morgan fingerprint density at radius 2 is 2.12 bits per heavy atom. The molecule has 1 amide bonds. The van der Waals surface area contributed by atoms with Crippen LogP contribution in [0.1, 0.15) is 53.5 Å². The van der Waals surface area contributed by atoms with Gasteiger partial charge in [0, 0.05) is 25.4 Å². The van der Waals surface area contributed by atoms with Gasteiger partial charge in [0.05, 0.1) is 31.2 Å². The highest BCUT2D eigenvalue weighted by atomic mass is 16.5. The molecule has 2 aliphatic carbocycles. The number of carbonyl (C=O) groups is 1. The zero-order valence-corrected chi connectivity index (χ0v) is 14.7. The average Bonchev–Trinajstić information content (AvgIpc) is 3.41. The smallest absolute Gasteiger partial charge is 0.274 e. The molecule has 1 saturated carbocycles. The van der Waals surface area contributed by atoms with Crippen molar-refractivity contribution in [2.75, 3.05) is 13.7 Å². The van der Waals surface area contributed by atoms with Crippen molar-refractivity contribution in [3.8, 4) is 5.88 Å². The topological polar surface area (TPSA) is 73.1 Å². The number of aromatic nitrogens is 4. The molecule has 1 atom stereocenters. The maximum atomic E-state index is 12.8. The maximum absolute atomic E-state index is 12.8. The molecule has 2 aromatic rings. The first-order valence-corrected chi connectivity index (χ1v) is 8.86. The molecule has 0 bridgehead atoms. The van der Waals surface area contributed by atoms with Gasteiger partial charge in [0.2, 0.25) is 5.88 Å². The third-order valence-corrected chi connectivity index (χ3v) is 5.14. The lowest BCUT2D eigenvalue weighted by molar-refractivity contribution is 0.0708. The summed E-state index contributed by atoms with van der Waals surface area (Å²) < 4.78 is 7.49. The summed E-state index contributed by atoms with van der Waals surface area (Å²) >= 11 is 0. The highest BCUT2D eigenvalue weighted by Crippen LogP contribution is 2.34. The Morgan fingerprint density at radius 3 is 2.84 bits per heavy atom. The molecule has 0 radical (unpaired) electrons. The summed E-state index contributed by atoms with van der Waals surface area (Å²) in [6, 6.07) is 0.0394. The zero-order valence-electron chi connectivity index (χ0n) is 14.7. The monoisotopic (exact) mass is 341 g/mol. The summed E-state index contributed by atoms with van der Waals surface area (Å²) in [7, 11) is 3.78. The summed E-state index contributed by atoms with van der Waals surface area (Å²) in [5.74, 6) is 1.02. The Balaban J connectivity index is 1.46. The lowest BCUT2D eigenvalue weighted by Crippen LogP contribution is -2.33. The van der Waals surface area contributed by atoms with Gasteiger partial charge in [0.25, 0.3) is 5.91 Å². The quantitative estimate of drug-likeness (QED) is 0.833. The number of aryl methyl sites for hydroxylation is 1. The van der Waals surface area contributed by atoms with Crippen LogP contribution in [-0.2, 0) is 13.5 Å². The molecule has 2 heterocycles. The summed E-state index contributed by atoms with van der Waals surface area (Å²) in [6.45, 7) is 0.688. The fourth-order valence-corrected chi connectivity index (χ4v) is 3.40. The maximum Gasteiger partial charge on any atom is 0.274 e. The number of carbonyl (C=O) groups excluding carboxylic acids is 1. The van der Waals surface area contributed by atoms with Crippen molar-refractivity contribution in [3.63, 3.8) is 0 Å². The molecule has 0 spiro atoms. The number of hydrogen-bond donors (Lipinski definition) is 0. The van der Waals surface area contributed by atoms with Crippen LogP contribution < -0.4 is 4.74 Å². The second kappa shape index (κ2) is 6.46. The lowest BCUT2D eigenvalue weighted by atomic mass is 9.92. The zero-order chi connectivity index (χ0) is 17.4. The molecule has 2 aliphatic rings. The lowest BCUT2D eigenvalue weighted by Gasteiger charge is -2.31. The Kier molecular flexibility index (Phi) is 4.15.